The Morgan fingerprint density at radius 2 is 1.81 bits per heavy atom. The molecule has 0 rings (SSSR count). The highest BCUT2D eigenvalue weighted by atomic mass is 16.5. The second-order valence-corrected chi connectivity index (χ2v) is 4.56. The normalized spacial score (nSPS) is 13.2. The monoisotopic (exact) mass is 231 g/mol. The summed E-state index contributed by atoms with van der Waals surface area (Å²) in [7, 11) is 0. The fourth-order valence-corrected chi connectivity index (χ4v) is 1.25. The third-order valence-electron chi connectivity index (χ3n) is 1.84. The van der Waals surface area contributed by atoms with E-state index in [-0.39, 0.29) is 18.1 Å². The maximum Gasteiger partial charge on any atom is 0.325 e. The molecule has 0 bridgehead atoms. The maximum absolute atomic E-state index is 11.6. The Hall–Kier alpha value is -0.610. The van der Waals surface area contributed by atoms with E-state index in [0.29, 0.717) is 25.7 Å². The molecular formula is C12H25NO3. The van der Waals surface area contributed by atoms with Gasteiger partial charge in [0.2, 0.25) is 0 Å². The van der Waals surface area contributed by atoms with E-state index < -0.39 is 0 Å². The van der Waals surface area contributed by atoms with Crippen molar-refractivity contribution >= 4 is 5.97 Å². The van der Waals surface area contributed by atoms with Crippen molar-refractivity contribution in [2.24, 2.45) is 5.92 Å². The number of carbonyl (C=O) groups is 1. The molecule has 0 aliphatic rings. The summed E-state index contributed by atoms with van der Waals surface area (Å²) in [5, 5.41) is 3.14. The van der Waals surface area contributed by atoms with E-state index in [9.17, 15) is 4.79 Å². The average Bonchev–Trinajstić information content (AvgIpc) is 2.15. The SMILES string of the molecule is CCOC(=O)C(COCC(C)C)NC(C)C. The van der Waals surface area contributed by atoms with Gasteiger partial charge in [0, 0.05) is 12.6 Å². The first-order chi connectivity index (χ1) is 7.47. The van der Waals surface area contributed by atoms with Gasteiger partial charge in [0.1, 0.15) is 6.04 Å². The van der Waals surface area contributed by atoms with Crippen LogP contribution in [0.3, 0.4) is 0 Å². The Morgan fingerprint density at radius 3 is 2.25 bits per heavy atom. The number of nitrogens with one attached hydrogen (secondary N) is 1. The van der Waals surface area contributed by atoms with Crippen molar-refractivity contribution < 1.29 is 14.3 Å². The Morgan fingerprint density at radius 1 is 1.19 bits per heavy atom. The molecule has 0 aromatic rings. The second kappa shape index (κ2) is 8.53. The van der Waals surface area contributed by atoms with Gasteiger partial charge in [0.05, 0.1) is 13.2 Å². The van der Waals surface area contributed by atoms with Gasteiger partial charge in [-0.15, -0.1) is 0 Å². The lowest BCUT2D eigenvalue weighted by Gasteiger charge is -2.20. The van der Waals surface area contributed by atoms with Gasteiger partial charge in [-0.05, 0) is 12.8 Å². The van der Waals surface area contributed by atoms with Gasteiger partial charge >= 0.3 is 5.97 Å². The zero-order chi connectivity index (χ0) is 12.6. The van der Waals surface area contributed by atoms with E-state index in [2.05, 4.69) is 19.2 Å². The second-order valence-electron chi connectivity index (χ2n) is 4.56. The number of hydrogen-bond acceptors (Lipinski definition) is 4. The highest BCUT2D eigenvalue weighted by Crippen LogP contribution is 1.97. The smallest absolute Gasteiger partial charge is 0.325 e. The molecule has 1 atom stereocenters. The molecule has 0 radical (unpaired) electrons. The lowest BCUT2D eigenvalue weighted by atomic mass is 10.2. The lowest BCUT2D eigenvalue weighted by molar-refractivity contribution is -0.147. The van der Waals surface area contributed by atoms with Crippen LogP contribution in [0.5, 0.6) is 0 Å². The number of hydrogen-bond donors (Lipinski definition) is 1. The molecule has 96 valence electrons. The minimum absolute atomic E-state index is 0.233. The predicted molar refractivity (Wildman–Crippen MR) is 64.3 cm³/mol. The van der Waals surface area contributed by atoms with E-state index >= 15 is 0 Å². The molecule has 0 fully saturated rings. The lowest BCUT2D eigenvalue weighted by Crippen LogP contribution is -2.45. The summed E-state index contributed by atoms with van der Waals surface area (Å²) in [6.07, 6.45) is 0. The van der Waals surface area contributed by atoms with Gasteiger partial charge in [-0.1, -0.05) is 27.7 Å². The number of carbonyl (C=O) groups excluding carboxylic acids is 1. The Labute approximate surface area is 98.7 Å². The van der Waals surface area contributed by atoms with Gasteiger partial charge in [-0.25, -0.2) is 0 Å². The third-order valence-corrected chi connectivity index (χ3v) is 1.84. The highest BCUT2D eigenvalue weighted by Gasteiger charge is 2.20. The quantitative estimate of drug-likeness (QED) is 0.644. The Bertz CT molecular complexity index is 193. The van der Waals surface area contributed by atoms with Gasteiger partial charge in [-0.2, -0.15) is 0 Å². The van der Waals surface area contributed by atoms with Crippen LogP contribution in [0.15, 0.2) is 0 Å². The first-order valence-electron chi connectivity index (χ1n) is 5.97. The topological polar surface area (TPSA) is 47.6 Å². The largest absolute Gasteiger partial charge is 0.465 e. The van der Waals surface area contributed by atoms with Gasteiger partial charge in [-0.3, -0.25) is 4.79 Å². The van der Waals surface area contributed by atoms with Crippen molar-refractivity contribution in [1.29, 1.82) is 0 Å². The fourth-order valence-electron chi connectivity index (χ4n) is 1.25. The van der Waals surface area contributed by atoms with Crippen LogP contribution in [0.2, 0.25) is 0 Å². The summed E-state index contributed by atoms with van der Waals surface area (Å²) in [5.74, 6) is 0.238. The molecule has 4 nitrogen and oxygen atoms in total. The number of ether oxygens (including phenoxy) is 2. The van der Waals surface area contributed by atoms with Gasteiger partial charge < -0.3 is 14.8 Å². The van der Waals surface area contributed by atoms with Crippen LogP contribution >= 0.6 is 0 Å². The van der Waals surface area contributed by atoms with E-state index in [1.54, 1.807) is 6.92 Å². The minimum Gasteiger partial charge on any atom is -0.465 e. The third kappa shape index (κ3) is 7.65. The van der Waals surface area contributed by atoms with E-state index in [0.717, 1.165) is 0 Å². The van der Waals surface area contributed by atoms with Crippen molar-refractivity contribution in [1.82, 2.24) is 5.32 Å². The van der Waals surface area contributed by atoms with Crippen molar-refractivity contribution in [3.63, 3.8) is 0 Å². The van der Waals surface area contributed by atoms with Crippen LogP contribution < -0.4 is 5.32 Å². The zero-order valence-corrected chi connectivity index (χ0v) is 11.1. The summed E-state index contributed by atoms with van der Waals surface area (Å²) >= 11 is 0. The van der Waals surface area contributed by atoms with Crippen LogP contribution in [0.4, 0.5) is 0 Å². The molecule has 0 aliphatic heterocycles. The predicted octanol–water partition coefficient (Wildman–Crippen LogP) is 1.59. The maximum atomic E-state index is 11.6. The Kier molecular flexibility index (Phi) is 8.21. The molecule has 0 aromatic heterocycles. The highest BCUT2D eigenvalue weighted by molar-refractivity contribution is 5.75. The summed E-state index contributed by atoms with van der Waals surface area (Å²) in [6.45, 7) is 11.4. The first-order valence-corrected chi connectivity index (χ1v) is 5.97. The number of rotatable bonds is 8. The molecule has 0 saturated carbocycles. The van der Waals surface area contributed by atoms with Crippen molar-refractivity contribution in [2.75, 3.05) is 19.8 Å². The fraction of sp³-hybridized carbons (Fsp3) is 0.917. The van der Waals surface area contributed by atoms with Crippen LogP contribution in [-0.2, 0) is 14.3 Å². The zero-order valence-electron chi connectivity index (χ0n) is 11.1. The van der Waals surface area contributed by atoms with Gasteiger partial charge in [0.15, 0.2) is 0 Å². The minimum atomic E-state index is -0.362. The molecule has 1 N–H and O–H groups in total. The molecule has 0 spiro atoms. The molecular weight excluding hydrogens is 206 g/mol. The Balaban J connectivity index is 4.04. The van der Waals surface area contributed by atoms with Crippen molar-refractivity contribution in [3.8, 4) is 0 Å². The van der Waals surface area contributed by atoms with E-state index in [1.165, 1.54) is 0 Å². The van der Waals surface area contributed by atoms with Gasteiger partial charge in [0.25, 0.3) is 0 Å². The molecule has 0 aliphatic carbocycles. The first kappa shape index (κ1) is 15.4. The molecule has 4 heteroatoms. The summed E-state index contributed by atoms with van der Waals surface area (Å²) in [6, 6.07) is -0.129. The van der Waals surface area contributed by atoms with E-state index in [1.807, 2.05) is 13.8 Å². The molecule has 1 unspecified atom stereocenters. The summed E-state index contributed by atoms with van der Waals surface area (Å²) in [4.78, 5) is 11.6. The van der Waals surface area contributed by atoms with Crippen LogP contribution in [0.25, 0.3) is 0 Å². The standard InChI is InChI=1S/C12H25NO3/c1-6-16-12(14)11(13-10(4)5)8-15-7-9(2)3/h9-11,13H,6-8H2,1-5H3. The molecule has 0 aromatic carbocycles. The van der Waals surface area contributed by atoms with E-state index in [4.69, 9.17) is 9.47 Å². The van der Waals surface area contributed by atoms with Crippen molar-refractivity contribution in [3.05, 3.63) is 0 Å². The van der Waals surface area contributed by atoms with Crippen LogP contribution in [0.1, 0.15) is 34.6 Å². The average molecular weight is 231 g/mol. The summed E-state index contributed by atoms with van der Waals surface area (Å²) < 4.78 is 10.4. The van der Waals surface area contributed by atoms with Crippen LogP contribution in [-0.4, -0.2) is 37.9 Å². The molecule has 0 saturated heterocycles. The summed E-state index contributed by atoms with van der Waals surface area (Å²) in [5.41, 5.74) is 0. The molecule has 16 heavy (non-hydrogen) atoms. The molecule has 0 amide bonds. The van der Waals surface area contributed by atoms with Crippen molar-refractivity contribution in [2.45, 2.75) is 46.7 Å². The van der Waals surface area contributed by atoms with Crippen LogP contribution in [0, 0.1) is 5.92 Å². The molecule has 0 heterocycles. The number of esters is 1.